The van der Waals surface area contributed by atoms with Crippen LogP contribution in [0.4, 0.5) is 4.39 Å². The molecule has 1 aromatic heterocycles. The van der Waals surface area contributed by atoms with Gasteiger partial charge in [-0.2, -0.15) is 5.10 Å². The van der Waals surface area contributed by atoms with E-state index in [0.717, 1.165) is 25.2 Å². The van der Waals surface area contributed by atoms with Crippen LogP contribution in [0.2, 0.25) is 0 Å². The first-order valence-corrected chi connectivity index (χ1v) is 10.8. The third-order valence-electron chi connectivity index (χ3n) is 5.61. The number of hydrogen-bond donors (Lipinski definition) is 1. The van der Waals surface area contributed by atoms with Crippen molar-refractivity contribution >= 4 is 16.7 Å². The first-order valence-electron chi connectivity index (χ1n) is 9.51. The van der Waals surface area contributed by atoms with Crippen molar-refractivity contribution in [3.05, 3.63) is 35.3 Å². The maximum absolute atomic E-state index is 14.5. The van der Waals surface area contributed by atoms with E-state index in [1.54, 1.807) is 17.0 Å². The summed E-state index contributed by atoms with van der Waals surface area (Å²) in [6, 6.07) is 4.81. The Morgan fingerprint density at radius 2 is 2.14 bits per heavy atom. The van der Waals surface area contributed by atoms with Crippen molar-refractivity contribution < 1.29 is 18.1 Å². The van der Waals surface area contributed by atoms with Gasteiger partial charge in [0, 0.05) is 30.8 Å². The third kappa shape index (κ3) is 2.80. The van der Waals surface area contributed by atoms with E-state index in [1.165, 1.54) is 6.07 Å². The molecule has 2 aromatic rings. The van der Waals surface area contributed by atoms with Gasteiger partial charge < -0.3 is 15.0 Å². The number of hydrogen-bond acceptors (Lipinski definition) is 5. The number of nitrogens with one attached hydrogen (secondary N) is 1. The van der Waals surface area contributed by atoms with Gasteiger partial charge in [-0.15, -0.1) is 0 Å². The zero-order valence-electron chi connectivity index (χ0n) is 15.3. The average molecular weight is 404 g/mol. The first-order chi connectivity index (χ1) is 13.6. The maximum atomic E-state index is 14.5. The summed E-state index contributed by atoms with van der Waals surface area (Å²) in [5, 5.41) is 8.02. The molecule has 1 unspecified atom stereocenters. The predicted octanol–water partition coefficient (Wildman–Crippen LogP) is 1.32. The highest BCUT2D eigenvalue weighted by Crippen LogP contribution is 2.41. The number of nitrogens with zero attached hydrogens (tertiary/aromatic N) is 3. The number of benzene rings is 1. The molecule has 1 aromatic carbocycles. The Kier molecular flexibility index (Phi) is 4.53. The molecule has 2 saturated heterocycles. The smallest absolute Gasteiger partial charge is 0.274 e. The predicted molar refractivity (Wildman–Crippen MR) is 101 cm³/mol. The molecule has 148 valence electrons. The van der Waals surface area contributed by atoms with Gasteiger partial charge in [0.1, 0.15) is 5.82 Å². The Bertz CT molecular complexity index is 964. The molecular weight excluding hydrogens is 383 g/mol. The second-order valence-corrected chi connectivity index (χ2v) is 8.67. The molecule has 9 heteroatoms. The van der Waals surface area contributed by atoms with Gasteiger partial charge in [-0.25, -0.2) is 4.39 Å². The summed E-state index contributed by atoms with van der Waals surface area (Å²) in [7, 11) is -1.55. The normalized spacial score (nSPS) is 24.1. The van der Waals surface area contributed by atoms with Crippen molar-refractivity contribution in [3.63, 3.8) is 0 Å². The fraction of sp³-hybridized carbons (Fsp3) is 0.474. The molecule has 3 aliphatic rings. The summed E-state index contributed by atoms with van der Waals surface area (Å²) in [6.45, 7) is 3.64. The second-order valence-electron chi connectivity index (χ2n) is 7.28. The number of morpholine rings is 1. The number of amides is 1. The van der Waals surface area contributed by atoms with E-state index in [2.05, 4.69) is 5.32 Å². The Hall–Kier alpha value is -2.10. The standard InChI is InChI=1S/C19H21FN4O3S/c20-15-3-1-2-13-17-14(11-28(26)18(13)15)16(19(25)23-6-8-27-9-7-23)22-24(17)12-4-5-21-10-12/h1-3,12,21H,4-11H2/t12-,28?/m0/s1. The van der Waals surface area contributed by atoms with Crippen molar-refractivity contribution in [1.29, 1.82) is 0 Å². The molecule has 2 fully saturated rings. The summed E-state index contributed by atoms with van der Waals surface area (Å²) in [5.74, 6) is -0.532. The molecule has 5 rings (SSSR count). The lowest BCUT2D eigenvalue weighted by Gasteiger charge is -2.26. The van der Waals surface area contributed by atoms with Crippen LogP contribution in [0.25, 0.3) is 11.3 Å². The van der Waals surface area contributed by atoms with E-state index < -0.39 is 16.6 Å². The van der Waals surface area contributed by atoms with Crippen LogP contribution in [0.15, 0.2) is 23.1 Å². The molecule has 28 heavy (non-hydrogen) atoms. The van der Waals surface area contributed by atoms with Crippen molar-refractivity contribution in [3.8, 4) is 11.3 Å². The van der Waals surface area contributed by atoms with Crippen molar-refractivity contribution in [2.75, 3.05) is 39.4 Å². The lowest BCUT2D eigenvalue weighted by atomic mass is 10.0. The first kappa shape index (κ1) is 18.0. The Labute approximate surface area is 164 Å². The van der Waals surface area contributed by atoms with Crippen molar-refractivity contribution in [2.24, 2.45) is 0 Å². The van der Waals surface area contributed by atoms with Crippen LogP contribution in [0.5, 0.6) is 0 Å². The minimum Gasteiger partial charge on any atom is -0.378 e. The average Bonchev–Trinajstić information content (AvgIpc) is 3.36. The largest absolute Gasteiger partial charge is 0.378 e. The van der Waals surface area contributed by atoms with Crippen LogP contribution in [0.3, 0.4) is 0 Å². The van der Waals surface area contributed by atoms with Gasteiger partial charge in [-0.05, 0) is 19.0 Å². The Morgan fingerprint density at radius 3 is 2.89 bits per heavy atom. The Morgan fingerprint density at radius 1 is 1.32 bits per heavy atom. The van der Waals surface area contributed by atoms with Gasteiger partial charge in [0.15, 0.2) is 5.69 Å². The summed E-state index contributed by atoms with van der Waals surface area (Å²) in [6.07, 6.45) is 0.882. The molecule has 1 amide bonds. The number of aromatic nitrogens is 2. The molecule has 0 saturated carbocycles. The summed E-state index contributed by atoms with van der Waals surface area (Å²) < 4.78 is 34.5. The monoisotopic (exact) mass is 404 g/mol. The van der Waals surface area contributed by atoms with Gasteiger partial charge in [0.2, 0.25) is 0 Å². The number of rotatable bonds is 2. The minimum absolute atomic E-state index is 0.0858. The molecule has 1 N–H and O–H groups in total. The molecule has 2 atom stereocenters. The molecule has 3 aliphatic heterocycles. The second kappa shape index (κ2) is 7.06. The quantitative estimate of drug-likeness (QED) is 0.817. The van der Waals surface area contributed by atoms with E-state index >= 15 is 0 Å². The topological polar surface area (TPSA) is 76.5 Å². The fourth-order valence-corrected chi connectivity index (χ4v) is 5.60. The SMILES string of the molecule is O=C(c1nn([C@H]2CCNC2)c2c1CS(=O)c1c(F)cccc1-2)N1CCOCC1. The molecular formula is C19H21FN4O3S. The van der Waals surface area contributed by atoms with Gasteiger partial charge in [-0.3, -0.25) is 13.7 Å². The molecule has 4 heterocycles. The van der Waals surface area contributed by atoms with Crippen LogP contribution in [-0.2, 0) is 21.3 Å². The van der Waals surface area contributed by atoms with Gasteiger partial charge in [0.25, 0.3) is 5.91 Å². The molecule has 0 spiro atoms. The lowest BCUT2D eigenvalue weighted by Crippen LogP contribution is -2.41. The molecule has 7 nitrogen and oxygen atoms in total. The zero-order valence-corrected chi connectivity index (χ0v) is 16.1. The highest BCUT2D eigenvalue weighted by molar-refractivity contribution is 7.84. The van der Waals surface area contributed by atoms with E-state index in [1.807, 2.05) is 4.68 Å². The molecule has 0 bridgehead atoms. The van der Waals surface area contributed by atoms with Crippen molar-refractivity contribution in [1.82, 2.24) is 20.0 Å². The van der Waals surface area contributed by atoms with Gasteiger partial charge >= 0.3 is 0 Å². The van der Waals surface area contributed by atoms with E-state index in [0.29, 0.717) is 43.1 Å². The number of halogens is 1. The summed E-state index contributed by atoms with van der Waals surface area (Å²) >= 11 is 0. The number of ether oxygens (including phenoxy) is 1. The Balaban J connectivity index is 1.68. The van der Waals surface area contributed by atoms with Crippen LogP contribution in [0, 0.1) is 5.82 Å². The zero-order chi connectivity index (χ0) is 19.3. The fourth-order valence-electron chi connectivity index (χ4n) is 4.22. The number of carbonyl (C=O) groups is 1. The lowest BCUT2D eigenvalue weighted by molar-refractivity contribution is 0.0297. The van der Waals surface area contributed by atoms with Crippen LogP contribution < -0.4 is 5.32 Å². The molecule has 0 radical (unpaired) electrons. The highest BCUT2D eigenvalue weighted by Gasteiger charge is 2.36. The van der Waals surface area contributed by atoms with E-state index in [-0.39, 0.29) is 22.6 Å². The number of carbonyl (C=O) groups excluding carboxylic acids is 1. The van der Waals surface area contributed by atoms with Crippen LogP contribution >= 0.6 is 0 Å². The van der Waals surface area contributed by atoms with E-state index in [9.17, 15) is 13.4 Å². The van der Waals surface area contributed by atoms with Gasteiger partial charge in [0.05, 0.1) is 46.4 Å². The summed E-state index contributed by atoms with van der Waals surface area (Å²) in [4.78, 5) is 15.1. The van der Waals surface area contributed by atoms with Gasteiger partial charge in [-0.1, -0.05) is 12.1 Å². The highest BCUT2D eigenvalue weighted by atomic mass is 32.2. The maximum Gasteiger partial charge on any atom is 0.274 e. The van der Waals surface area contributed by atoms with Crippen LogP contribution in [0.1, 0.15) is 28.5 Å². The van der Waals surface area contributed by atoms with Crippen LogP contribution in [-0.4, -0.2) is 64.2 Å². The minimum atomic E-state index is -1.55. The number of fused-ring (bicyclic) bond motifs is 3. The molecule has 0 aliphatic carbocycles. The van der Waals surface area contributed by atoms with Crippen molar-refractivity contribution in [2.45, 2.75) is 23.1 Å². The third-order valence-corrected chi connectivity index (χ3v) is 7.04. The van der Waals surface area contributed by atoms with E-state index in [4.69, 9.17) is 9.84 Å². The summed E-state index contributed by atoms with van der Waals surface area (Å²) in [5.41, 5.74) is 2.33.